The van der Waals surface area contributed by atoms with E-state index in [0.717, 1.165) is 29.7 Å². The van der Waals surface area contributed by atoms with Crippen LogP contribution in [0.1, 0.15) is 40.4 Å². The Morgan fingerprint density at radius 2 is 1.89 bits per heavy atom. The van der Waals surface area contributed by atoms with Crippen LogP contribution in [0, 0.1) is 6.92 Å². The van der Waals surface area contributed by atoms with Gasteiger partial charge in [-0.1, -0.05) is 18.2 Å². The number of hydrogen-bond acceptors (Lipinski definition) is 3. The van der Waals surface area contributed by atoms with E-state index in [-0.39, 0.29) is 18.0 Å². The van der Waals surface area contributed by atoms with Crippen molar-refractivity contribution in [2.45, 2.75) is 25.8 Å². The first-order chi connectivity index (χ1) is 13.0. The molecular weight excluding hydrogens is 342 g/mol. The predicted molar refractivity (Wildman–Crippen MR) is 105 cm³/mol. The van der Waals surface area contributed by atoms with Crippen LogP contribution in [0.4, 0.5) is 10.5 Å². The highest BCUT2D eigenvalue weighted by Gasteiger charge is 2.30. The number of carbonyl (C=O) groups excluding carboxylic acids is 2. The molecule has 0 unspecified atom stereocenters. The average Bonchev–Trinajstić information content (AvgIpc) is 3.19. The van der Waals surface area contributed by atoms with Gasteiger partial charge in [-0.25, -0.2) is 4.79 Å². The van der Waals surface area contributed by atoms with Crippen LogP contribution < -0.4 is 15.4 Å². The Labute approximate surface area is 159 Å². The Morgan fingerprint density at radius 1 is 1.15 bits per heavy atom. The lowest BCUT2D eigenvalue weighted by Crippen LogP contribution is -2.34. The molecule has 3 rings (SSSR count). The summed E-state index contributed by atoms with van der Waals surface area (Å²) < 4.78 is 5.21. The van der Waals surface area contributed by atoms with Gasteiger partial charge in [0, 0.05) is 24.8 Å². The lowest BCUT2D eigenvalue weighted by atomic mass is 10.0. The van der Waals surface area contributed by atoms with E-state index in [4.69, 9.17) is 4.74 Å². The van der Waals surface area contributed by atoms with E-state index in [1.807, 2.05) is 42.2 Å². The minimum Gasteiger partial charge on any atom is -0.497 e. The Hall–Kier alpha value is -3.02. The number of anilines is 1. The van der Waals surface area contributed by atoms with Gasteiger partial charge >= 0.3 is 6.03 Å². The fourth-order valence-electron chi connectivity index (χ4n) is 3.41. The van der Waals surface area contributed by atoms with E-state index in [1.165, 1.54) is 0 Å². The van der Waals surface area contributed by atoms with Crippen LogP contribution in [-0.4, -0.2) is 37.5 Å². The molecule has 1 saturated heterocycles. The molecule has 6 nitrogen and oxygen atoms in total. The van der Waals surface area contributed by atoms with Gasteiger partial charge in [0.05, 0.1) is 13.2 Å². The van der Waals surface area contributed by atoms with Gasteiger partial charge in [0.1, 0.15) is 5.75 Å². The first-order valence-electron chi connectivity index (χ1n) is 9.07. The highest BCUT2D eigenvalue weighted by atomic mass is 16.5. The molecule has 1 fully saturated rings. The van der Waals surface area contributed by atoms with Crippen LogP contribution in [-0.2, 0) is 0 Å². The third-order valence-corrected chi connectivity index (χ3v) is 4.98. The molecule has 1 heterocycles. The Balaban J connectivity index is 1.77. The highest BCUT2D eigenvalue weighted by Crippen LogP contribution is 2.33. The van der Waals surface area contributed by atoms with E-state index in [1.54, 1.807) is 26.3 Å². The first kappa shape index (κ1) is 18.8. The number of nitrogens with zero attached hydrogens (tertiary/aromatic N) is 1. The summed E-state index contributed by atoms with van der Waals surface area (Å²) in [6, 6.07) is 13.0. The Kier molecular flexibility index (Phi) is 5.64. The van der Waals surface area contributed by atoms with Crippen molar-refractivity contribution < 1.29 is 14.3 Å². The van der Waals surface area contributed by atoms with Gasteiger partial charge in [-0.3, -0.25) is 4.79 Å². The van der Waals surface area contributed by atoms with Gasteiger partial charge in [-0.2, -0.15) is 0 Å². The van der Waals surface area contributed by atoms with Crippen molar-refractivity contribution in [3.63, 3.8) is 0 Å². The molecular formula is C21H25N3O3. The number of likely N-dealkylation sites (tertiary alicyclic amines) is 1. The minimum absolute atomic E-state index is 0.0401. The fourth-order valence-corrected chi connectivity index (χ4v) is 3.41. The van der Waals surface area contributed by atoms with Crippen LogP contribution in [0.3, 0.4) is 0 Å². The number of methoxy groups -OCH3 is 1. The lowest BCUT2D eigenvalue weighted by Gasteiger charge is -2.26. The van der Waals surface area contributed by atoms with Crippen molar-refractivity contribution in [3.8, 4) is 5.75 Å². The summed E-state index contributed by atoms with van der Waals surface area (Å²) in [6.45, 7) is 2.62. The number of urea groups is 1. The molecule has 0 saturated carbocycles. The number of ether oxygens (including phenoxy) is 1. The summed E-state index contributed by atoms with van der Waals surface area (Å²) >= 11 is 0. The number of rotatable bonds is 4. The molecule has 2 aromatic rings. The zero-order chi connectivity index (χ0) is 19.4. The van der Waals surface area contributed by atoms with Crippen LogP contribution in [0.25, 0.3) is 0 Å². The normalized spacial score (nSPS) is 16.1. The van der Waals surface area contributed by atoms with Crippen LogP contribution >= 0.6 is 0 Å². The second-order valence-electron chi connectivity index (χ2n) is 6.66. The molecule has 2 N–H and O–H groups in total. The maximum atomic E-state index is 12.9. The van der Waals surface area contributed by atoms with Gasteiger partial charge in [0.2, 0.25) is 0 Å². The SMILES string of the molecule is CNC(=O)c1ccc(C)c(NC(=O)N2CCC[C@H]2c2ccc(OC)cc2)c1. The standard InChI is InChI=1S/C21H25N3O3/c1-14-6-7-16(20(25)22-2)13-18(14)23-21(26)24-12-4-5-19(24)15-8-10-17(27-3)11-9-15/h6-11,13,19H,4-5,12H2,1-3H3,(H,22,25)(H,23,26)/t19-/m0/s1. The van der Waals surface area contributed by atoms with Crippen LogP contribution in [0.5, 0.6) is 5.75 Å². The molecule has 142 valence electrons. The maximum absolute atomic E-state index is 12.9. The topological polar surface area (TPSA) is 70.7 Å². The zero-order valence-corrected chi connectivity index (χ0v) is 15.9. The monoisotopic (exact) mass is 367 g/mol. The van der Waals surface area contributed by atoms with E-state index in [9.17, 15) is 9.59 Å². The zero-order valence-electron chi connectivity index (χ0n) is 15.9. The molecule has 1 aliphatic rings. The third-order valence-electron chi connectivity index (χ3n) is 4.98. The van der Waals surface area contributed by atoms with Crippen molar-refractivity contribution in [1.29, 1.82) is 0 Å². The molecule has 1 atom stereocenters. The van der Waals surface area contributed by atoms with Crippen LogP contribution in [0.2, 0.25) is 0 Å². The number of nitrogens with one attached hydrogen (secondary N) is 2. The second kappa shape index (κ2) is 8.12. The number of amides is 3. The van der Waals surface area contributed by atoms with Gasteiger partial charge in [0.25, 0.3) is 5.91 Å². The van der Waals surface area contributed by atoms with Crippen LogP contribution in [0.15, 0.2) is 42.5 Å². The molecule has 0 bridgehead atoms. The summed E-state index contributed by atoms with van der Waals surface area (Å²) in [6.07, 6.45) is 1.89. The van der Waals surface area contributed by atoms with Crippen molar-refractivity contribution in [1.82, 2.24) is 10.2 Å². The van der Waals surface area contributed by atoms with Crippen molar-refractivity contribution in [3.05, 3.63) is 59.2 Å². The molecule has 2 aromatic carbocycles. The number of aryl methyl sites for hydroxylation is 1. The summed E-state index contributed by atoms with van der Waals surface area (Å²) in [5.74, 6) is 0.622. The molecule has 0 spiro atoms. The maximum Gasteiger partial charge on any atom is 0.322 e. The number of carbonyl (C=O) groups is 2. The number of benzene rings is 2. The molecule has 3 amide bonds. The fraction of sp³-hybridized carbons (Fsp3) is 0.333. The summed E-state index contributed by atoms with van der Waals surface area (Å²) in [5, 5.41) is 5.58. The summed E-state index contributed by atoms with van der Waals surface area (Å²) in [5.41, 5.74) is 3.18. The molecule has 6 heteroatoms. The smallest absolute Gasteiger partial charge is 0.322 e. The molecule has 0 aromatic heterocycles. The third kappa shape index (κ3) is 4.05. The quantitative estimate of drug-likeness (QED) is 0.865. The predicted octanol–water partition coefficient (Wildman–Crippen LogP) is 3.73. The Bertz CT molecular complexity index is 833. The summed E-state index contributed by atoms with van der Waals surface area (Å²) in [4.78, 5) is 26.6. The van der Waals surface area contributed by atoms with Gasteiger partial charge in [-0.05, 0) is 55.2 Å². The van der Waals surface area contributed by atoms with Crippen molar-refractivity contribution in [2.75, 3.05) is 26.0 Å². The molecule has 1 aliphatic heterocycles. The lowest BCUT2D eigenvalue weighted by molar-refractivity contribution is 0.0963. The highest BCUT2D eigenvalue weighted by molar-refractivity contribution is 5.97. The van der Waals surface area contributed by atoms with Gasteiger partial charge in [0.15, 0.2) is 0 Å². The average molecular weight is 367 g/mol. The van der Waals surface area contributed by atoms with E-state index in [2.05, 4.69) is 10.6 Å². The molecule has 27 heavy (non-hydrogen) atoms. The molecule has 0 radical (unpaired) electrons. The summed E-state index contributed by atoms with van der Waals surface area (Å²) in [7, 11) is 3.23. The van der Waals surface area contributed by atoms with Gasteiger partial charge in [-0.15, -0.1) is 0 Å². The first-order valence-corrected chi connectivity index (χ1v) is 9.07. The Morgan fingerprint density at radius 3 is 2.56 bits per heavy atom. The van der Waals surface area contributed by atoms with E-state index < -0.39 is 0 Å². The number of hydrogen-bond donors (Lipinski definition) is 2. The van der Waals surface area contributed by atoms with E-state index >= 15 is 0 Å². The van der Waals surface area contributed by atoms with E-state index in [0.29, 0.717) is 17.8 Å². The largest absolute Gasteiger partial charge is 0.497 e. The van der Waals surface area contributed by atoms with Gasteiger partial charge < -0.3 is 20.3 Å². The van der Waals surface area contributed by atoms with Crippen molar-refractivity contribution >= 4 is 17.6 Å². The second-order valence-corrected chi connectivity index (χ2v) is 6.66. The minimum atomic E-state index is -0.178. The van der Waals surface area contributed by atoms with Crippen molar-refractivity contribution in [2.24, 2.45) is 0 Å². The molecule has 0 aliphatic carbocycles.